The third-order valence-electron chi connectivity index (χ3n) is 3.12. The van der Waals surface area contributed by atoms with Crippen LogP contribution in [0, 0.1) is 0 Å². The van der Waals surface area contributed by atoms with Crippen molar-refractivity contribution >= 4 is 11.6 Å². The van der Waals surface area contributed by atoms with Crippen LogP contribution in [0.5, 0.6) is 0 Å². The van der Waals surface area contributed by atoms with Crippen LogP contribution in [0.25, 0.3) is 5.69 Å². The van der Waals surface area contributed by atoms with Crippen molar-refractivity contribution in [1.82, 2.24) is 9.78 Å². The summed E-state index contributed by atoms with van der Waals surface area (Å²) in [4.78, 5) is 0. The number of halogens is 1. The van der Waals surface area contributed by atoms with Crippen LogP contribution in [0.2, 0.25) is 5.02 Å². The van der Waals surface area contributed by atoms with Crippen LogP contribution in [0.15, 0.2) is 67.0 Å². The van der Waals surface area contributed by atoms with E-state index in [4.69, 9.17) is 11.6 Å². The molecule has 100 valence electrons. The van der Waals surface area contributed by atoms with Crippen LogP contribution in [-0.2, 0) is 0 Å². The fraction of sp³-hybridized carbons (Fsp3) is 0.0625. The van der Waals surface area contributed by atoms with Gasteiger partial charge in [-0.25, -0.2) is 4.68 Å². The van der Waals surface area contributed by atoms with Gasteiger partial charge in [-0.05, 0) is 29.8 Å². The first-order valence-electron chi connectivity index (χ1n) is 6.27. The van der Waals surface area contributed by atoms with E-state index in [2.05, 4.69) is 5.10 Å². The van der Waals surface area contributed by atoms with Crippen molar-refractivity contribution in [3.8, 4) is 5.69 Å². The van der Waals surface area contributed by atoms with E-state index in [0.717, 1.165) is 16.8 Å². The molecule has 0 spiro atoms. The van der Waals surface area contributed by atoms with Gasteiger partial charge in [-0.2, -0.15) is 5.10 Å². The summed E-state index contributed by atoms with van der Waals surface area (Å²) in [7, 11) is 0. The lowest BCUT2D eigenvalue weighted by molar-refractivity contribution is 0.220. The van der Waals surface area contributed by atoms with E-state index in [-0.39, 0.29) is 0 Å². The van der Waals surface area contributed by atoms with Gasteiger partial charge in [-0.15, -0.1) is 0 Å². The Labute approximate surface area is 122 Å². The van der Waals surface area contributed by atoms with E-state index < -0.39 is 6.10 Å². The third kappa shape index (κ3) is 2.59. The largest absolute Gasteiger partial charge is 0.384 e. The van der Waals surface area contributed by atoms with Crippen molar-refractivity contribution in [2.45, 2.75) is 6.10 Å². The minimum Gasteiger partial charge on any atom is -0.384 e. The van der Waals surface area contributed by atoms with Gasteiger partial charge in [0.25, 0.3) is 0 Å². The van der Waals surface area contributed by atoms with E-state index in [9.17, 15) is 5.11 Å². The van der Waals surface area contributed by atoms with Crippen LogP contribution >= 0.6 is 11.6 Å². The highest BCUT2D eigenvalue weighted by molar-refractivity contribution is 6.30. The smallest absolute Gasteiger partial charge is 0.107 e. The molecule has 0 radical (unpaired) electrons. The highest BCUT2D eigenvalue weighted by atomic mass is 35.5. The van der Waals surface area contributed by atoms with Gasteiger partial charge >= 0.3 is 0 Å². The summed E-state index contributed by atoms with van der Waals surface area (Å²) in [5.41, 5.74) is 2.50. The highest BCUT2D eigenvalue weighted by Crippen LogP contribution is 2.23. The molecule has 20 heavy (non-hydrogen) atoms. The first-order valence-corrected chi connectivity index (χ1v) is 6.65. The van der Waals surface area contributed by atoms with Gasteiger partial charge in [0.1, 0.15) is 6.10 Å². The monoisotopic (exact) mass is 284 g/mol. The van der Waals surface area contributed by atoms with Gasteiger partial charge in [-0.1, -0.05) is 41.9 Å². The maximum atomic E-state index is 10.3. The number of para-hydroxylation sites is 1. The first-order chi connectivity index (χ1) is 9.74. The normalized spacial score (nSPS) is 12.3. The fourth-order valence-electron chi connectivity index (χ4n) is 2.04. The van der Waals surface area contributed by atoms with Crippen LogP contribution in [-0.4, -0.2) is 14.9 Å². The predicted molar refractivity (Wildman–Crippen MR) is 79.1 cm³/mol. The van der Waals surface area contributed by atoms with E-state index in [1.807, 2.05) is 48.7 Å². The Balaban J connectivity index is 1.88. The molecule has 0 amide bonds. The number of aliphatic hydroxyl groups excluding tert-OH is 1. The minimum absolute atomic E-state index is 0.654. The Morgan fingerprint density at radius 2 is 1.65 bits per heavy atom. The molecule has 2 aromatic carbocycles. The lowest BCUT2D eigenvalue weighted by Gasteiger charge is -2.08. The lowest BCUT2D eigenvalue weighted by Crippen LogP contribution is -1.98. The SMILES string of the molecule is OC(c1ccc(Cl)cc1)c1cnn(-c2ccccc2)c1. The van der Waals surface area contributed by atoms with Gasteiger partial charge in [0, 0.05) is 16.8 Å². The number of hydrogen-bond donors (Lipinski definition) is 1. The van der Waals surface area contributed by atoms with Gasteiger partial charge in [0.15, 0.2) is 0 Å². The van der Waals surface area contributed by atoms with Crippen LogP contribution in [0.4, 0.5) is 0 Å². The van der Waals surface area contributed by atoms with Crippen molar-refractivity contribution < 1.29 is 5.11 Å². The summed E-state index contributed by atoms with van der Waals surface area (Å²) in [5.74, 6) is 0. The fourth-order valence-corrected chi connectivity index (χ4v) is 2.16. The molecule has 1 unspecified atom stereocenters. The van der Waals surface area contributed by atoms with Crippen LogP contribution in [0.3, 0.4) is 0 Å². The maximum Gasteiger partial charge on any atom is 0.107 e. The topological polar surface area (TPSA) is 38.1 Å². The Bertz CT molecular complexity index is 692. The molecule has 3 aromatic rings. The summed E-state index contributed by atoms with van der Waals surface area (Å²) in [6.45, 7) is 0. The maximum absolute atomic E-state index is 10.3. The van der Waals surface area contributed by atoms with E-state index in [1.165, 1.54) is 0 Å². The summed E-state index contributed by atoms with van der Waals surface area (Å²) >= 11 is 5.85. The molecule has 4 heteroatoms. The number of nitrogens with zero attached hydrogens (tertiary/aromatic N) is 2. The molecular formula is C16H13ClN2O. The van der Waals surface area contributed by atoms with E-state index >= 15 is 0 Å². The van der Waals surface area contributed by atoms with Gasteiger partial charge in [0.05, 0.1) is 11.9 Å². The first kappa shape index (κ1) is 12.9. The molecule has 1 atom stereocenters. The standard InChI is InChI=1S/C16H13ClN2O/c17-14-8-6-12(7-9-14)16(20)13-10-18-19(11-13)15-4-2-1-3-5-15/h1-11,16,20H. The van der Waals surface area contributed by atoms with Crippen LogP contribution in [0.1, 0.15) is 17.2 Å². The molecule has 0 aliphatic heterocycles. The van der Waals surface area contributed by atoms with Gasteiger partial charge in [-0.3, -0.25) is 0 Å². The third-order valence-corrected chi connectivity index (χ3v) is 3.38. The summed E-state index contributed by atoms with van der Waals surface area (Å²) in [6.07, 6.45) is 2.80. The molecular weight excluding hydrogens is 272 g/mol. The quantitative estimate of drug-likeness (QED) is 0.798. The second-order valence-corrected chi connectivity index (χ2v) is 4.94. The average molecular weight is 285 g/mol. The molecule has 3 nitrogen and oxygen atoms in total. The number of rotatable bonds is 3. The molecule has 0 fully saturated rings. The molecule has 0 saturated carbocycles. The Morgan fingerprint density at radius 1 is 0.950 bits per heavy atom. The lowest BCUT2D eigenvalue weighted by atomic mass is 10.1. The summed E-state index contributed by atoms with van der Waals surface area (Å²) in [5, 5.41) is 15.3. The summed E-state index contributed by atoms with van der Waals surface area (Å²) < 4.78 is 1.74. The molecule has 0 aliphatic rings. The van der Waals surface area contributed by atoms with Gasteiger partial charge in [0.2, 0.25) is 0 Å². The molecule has 3 rings (SSSR count). The Morgan fingerprint density at radius 3 is 2.35 bits per heavy atom. The van der Waals surface area contributed by atoms with Gasteiger partial charge < -0.3 is 5.11 Å². The molecule has 0 bridgehead atoms. The van der Waals surface area contributed by atoms with Crippen molar-refractivity contribution in [3.63, 3.8) is 0 Å². The Hall–Kier alpha value is -2.10. The van der Waals surface area contributed by atoms with Crippen molar-refractivity contribution in [3.05, 3.63) is 83.1 Å². The van der Waals surface area contributed by atoms with Crippen molar-refractivity contribution in [1.29, 1.82) is 0 Å². The number of hydrogen-bond acceptors (Lipinski definition) is 2. The second kappa shape index (κ2) is 5.49. The minimum atomic E-state index is -0.704. The van der Waals surface area contributed by atoms with E-state index in [0.29, 0.717) is 5.02 Å². The number of aliphatic hydroxyl groups is 1. The highest BCUT2D eigenvalue weighted by Gasteiger charge is 2.13. The molecule has 0 aliphatic carbocycles. The summed E-state index contributed by atoms with van der Waals surface area (Å²) in [6, 6.07) is 16.9. The molecule has 1 aromatic heterocycles. The molecule has 1 N–H and O–H groups in total. The van der Waals surface area contributed by atoms with Crippen LogP contribution < -0.4 is 0 Å². The zero-order valence-corrected chi connectivity index (χ0v) is 11.4. The zero-order valence-electron chi connectivity index (χ0n) is 10.6. The molecule has 0 saturated heterocycles. The van der Waals surface area contributed by atoms with Crippen molar-refractivity contribution in [2.24, 2.45) is 0 Å². The molecule has 1 heterocycles. The van der Waals surface area contributed by atoms with Crippen molar-refractivity contribution in [2.75, 3.05) is 0 Å². The van der Waals surface area contributed by atoms with E-state index in [1.54, 1.807) is 23.0 Å². The zero-order chi connectivity index (χ0) is 13.9. The number of aromatic nitrogens is 2. The number of benzene rings is 2. The predicted octanol–water partition coefficient (Wildman–Crippen LogP) is 3.61. The second-order valence-electron chi connectivity index (χ2n) is 4.51. The Kier molecular flexibility index (Phi) is 3.54. The average Bonchev–Trinajstić information content (AvgIpc) is 2.98.